The van der Waals surface area contributed by atoms with Gasteiger partial charge >= 0.3 is 0 Å². The molecule has 1 fully saturated rings. The molecule has 160 valence electrons. The third-order valence-corrected chi connectivity index (χ3v) is 4.91. The molecular formula is C20H42IN5O. The van der Waals surface area contributed by atoms with E-state index in [0.29, 0.717) is 18.4 Å². The molecule has 1 N–H and O–H groups in total. The molecule has 0 bridgehead atoms. The highest BCUT2D eigenvalue weighted by Gasteiger charge is 2.21. The maximum atomic E-state index is 12.4. The van der Waals surface area contributed by atoms with Crippen molar-refractivity contribution < 1.29 is 4.79 Å². The molecule has 0 radical (unpaired) electrons. The second kappa shape index (κ2) is 14.4. The first kappa shape index (κ1) is 26.4. The molecule has 1 heterocycles. The van der Waals surface area contributed by atoms with Crippen molar-refractivity contribution >= 4 is 35.8 Å². The van der Waals surface area contributed by atoms with Crippen molar-refractivity contribution in [3.8, 4) is 0 Å². The van der Waals surface area contributed by atoms with E-state index in [1.807, 2.05) is 30.7 Å². The summed E-state index contributed by atoms with van der Waals surface area (Å²) in [5, 5.41) is 3.34. The monoisotopic (exact) mass is 495 g/mol. The number of likely N-dealkylation sites (N-methyl/N-ethyl adjacent to an activating group) is 2. The molecule has 27 heavy (non-hydrogen) atoms. The first-order valence-electron chi connectivity index (χ1n) is 10.4. The van der Waals surface area contributed by atoms with E-state index in [1.54, 1.807) is 0 Å². The molecule has 6 nitrogen and oxygen atoms in total. The predicted octanol–water partition coefficient (Wildman–Crippen LogP) is 2.74. The van der Waals surface area contributed by atoms with Crippen molar-refractivity contribution in [2.75, 3.05) is 59.4 Å². The zero-order chi connectivity index (χ0) is 19.5. The summed E-state index contributed by atoms with van der Waals surface area (Å²) in [5.41, 5.74) is 0. The van der Waals surface area contributed by atoms with E-state index >= 15 is 0 Å². The first-order chi connectivity index (χ1) is 12.4. The molecular weight excluding hydrogens is 453 g/mol. The zero-order valence-electron chi connectivity index (χ0n) is 18.3. The largest absolute Gasteiger partial charge is 0.357 e. The van der Waals surface area contributed by atoms with Crippen LogP contribution in [0.5, 0.6) is 0 Å². The lowest BCUT2D eigenvalue weighted by molar-refractivity contribution is -0.131. The number of nitrogens with zero attached hydrogens (tertiary/aromatic N) is 4. The topological polar surface area (TPSA) is 51.2 Å². The number of likely N-dealkylation sites (tertiary alicyclic amines) is 1. The van der Waals surface area contributed by atoms with E-state index in [-0.39, 0.29) is 29.9 Å². The van der Waals surface area contributed by atoms with E-state index < -0.39 is 0 Å². The number of carbonyl (C=O) groups excluding carboxylic acids is 1. The second-order valence-corrected chi connectivity index (χ2v) is 7.78. The van der Waals surface area contributed by atoms with Gasteiger partial charge < -0.3 is 20.0 Å². The number of carbonyl (C=O) groups is 1. The minimum absolute atomic E-state index is 0. The molecule has 1 unspecified atom stereocenters. The number of aliphatic imine (C=N–C) groups is 1. The third-order valence-electron chi connectivity index (χ3n) is 4.91. The van der Waals surface area contributed by atoms with Crippen molar-refractivity contribution in [1.29, 1.82) is 0 Å². The van der Waals surface area contributed by atoms with Crippen LogP contribution < -0.4 is 5.32 Å². The Morgan fingerprint density at radius 2 is 1.93 bits per heavy atom. The molecule has 0 spiro atoms. The van der Waals surface area contributed by atoms with Gasteiger partial charge in [0.1, 0.15) is 0 Å². The highest BCUT2D eigenvalue weighted by Crippen LogP contribution is 2.18. The first-order valence-corrected chi connectivity index (χ1v) is 10.4. The third kappa shape index (κ3) is 9.96. The lowest BCUT2D eigenvalue weighted by Crippen LogP contribution is -2.46. The van der Waals surface area contributed by atoms with Gasteiger partial charge in [0.05, 0.1) is 6.54 Å². The SMILES string of the molecule is CCNC(=NCC1CCCN(CC(C)C)C1)N(C)CC(=O)N(CC)CC.I. The Morgan fingerprint density at radius 3 is 2.48 bits per heavy atom. The van der Waals surface area contributed by atoms with Crippen LogP contribution in [0.25, 0.3) is 0 Å². The summed E-state index contributed by atoms with van der Waals surface area (Å²) in [6.07, 6.45) is 2.51. The molecule has 1 aliphatic rings. The summed E-state index contributed by atoms with van der Waals surface area (Å²) in [6, 6.07) is 0. The van der Waals surface area contributed by atoms with Gasteiger partial charge in [-0.3, -0.25) is 9.79 Å². The molecule has 1 saturated heterocycles. The Labute approximate surface area is 184 Å². The van der Waals surface area contributed by atoms with Crippen molar-refractivity contribution in [3.63, 3.8) is 0 Å². The summed E-state index contributed by atoms with van der Waals surface area (Å²) in [4.78, 5) is 23.6. The van der Waals surface area contributed by atoms with Gasteiger partial charge in [0.25, 0.3) is 0 Å². The Hall–Kier alpha value is -0.570. The van der Waals surface area contributed by atoms with Gasteiger partial charge in [-0.15, -0.1) is 24.0 Å². The summed E-state index contributed by atoms with van der Waals surface area (Å²) < 4.78 is 0. The van der Waals surface area contributed by atoms with Crippen LogP contribution >= 0.6 is 24.0 Å². The smallest absolute Gasteiger partial charge is 0.242 e. The molecule has 0 aromatic carbocycles. The lowest BCUT2D eigenvalue weighted by atomic mass is 9.97. The molecule has 0 aromatic heterocycles. The number of amides is 1. The number of hydrogen-bond donors (Lipinski definition) is 1. The fourth-order valence-corrected chi connectivity index (χ4v) is 3.62. The Morgan fingerprint density at radius 1 is 1.26 bits per heavy atom. The maximum absolute atomic E-state index is 12.4. The Bertz CT molecular complexity index is 440. The van der Waals surface area contributed by atoms with Gasteiger partial charge in [-0.1, -0.05) is 13.8 Å². The zero-order valence-corrected chi connectivity index (χ0v) is 20.7. The molecule has 1 amide bonds. The quantitative estimate of drug-likeness (QED) is 0.304. The number of halogens is 1. The average Bonchev–Trinajstić information content (AvgIpc) is 2.59. The average molecular weight is 495 g/mol. The molecule has 1 atom stereocenters. The fraction of sp³-hybridized carbons (Fsp3) is 0.900. The van der Waals surface area contributed by atoms with Crippen LogP contribution in [0.3, 0.4) is 0 Å². The summed E-state index contributed by atoms with van der Waals surface area (Å²) >= 11 is 0. The van der Waals surface area contributed by atoms with E-state index in [0.717, 1.165) is 38.7 Å². The summed E-state index contributed by atoms with van der Waals surface area (Å²) in [7, 11) is 1.95. The standard InChI is InChI=1S/C20H41N5O.HI/c1-7-21-20(23(6)16-19(26)25(8-2)9-3)22-13-18-11-10-12-24(15-18)14-17(4)5;/h17-18H,7-16H2,1-6H3,(H,21,22);1H. The predicted molar refractivity (Wildman–Crippen MR) is 126 cm³/mol. The highest BCUT2D eigenvalue weighted by molar-refractivity contribution is 14.0. The molecule has 0 aromatic rings. The van der Waals surface area contributed by atoms with Crippen LogP contribution in [0, 0.1) is 11.8 Å². The van der Waals surface area contributed by atoms with E-state index in [1.165, 1.54) is 25.9 Å². The van der Waals surface area contributed by atoms with E-state index in [2.05, 4.69) is 31.0 Å². The van der Waals surface area contributed by atoms with Gasteiger partial charge in [-0.2, -0.15) is 0 Å². The van der Waals surface area contributed by atoms with Gasteiger partial charge in [-0.25, -0.2) is 0 Å². The number of nitrogens with one attached hydrogen (secondary N) is 1. The number of piperidine rings is 1. The number of guanidine groups is 1. The van der Waals surface area contributed by atoms with Gasteiger partial charge in [-0.05, 0) is 52.0 Å². The number of rotatable bonds is 9. The molecule has 1 rings (SSSR count). The van der Waals surface area contributed by atoms with Crippen LogP contribution in [0.15, 0.2) is 4.99 Å². The summed E-state index contributed by atoms with van der Waals surface area (Å²) in [5.74, 6) is 2.33. The molecule has 7 heteroatoms. The van der Waals surface area contributed by atoms with Crippen LogP contribution in [0.2, 0.25) is 0 Å². The summed E-state index contributed by atoms with van der Waals surface area (Å²) in [6.45, 7) is 17.7. The van der Waals surface area contributed by atoms with Crippen molar-refractivity contribution in [2.24, 2.45) is 16.8 Å². The van der Waals surface area contributed by atoms with Crippen LogP contribution in [0.4, 0.5) is 0 Å². The van der Waals surface area contributed by atoms with Gasteiger partial charge in [0.2, 0.25) is 5.91 Å². The Kier molecular flexibility index (Phi) is 14.1. The minimum atomic E-state index is 0. The van der Waals surface area contributed by atoms with E-state index in [4.69, 9.17) is 4.99 Å². The van der Waals surface area contributed by atoms with Crippen molar-refractivity contribution in [1.82, 2.24) is 20.0 Å². The second-order valence-electron chi connectivity index (χ2n) is 7.78. The minimum Gasteiger partial charge on any atom is -0.357 e. The van der Waals surface area contributed by atoms with Crippen LogP contribution in [-0.2, 0) is 4.79 Å². The molecule has 0 aliphatic carbocycles. The lowest BCUT2D eigenvalue weighted by Gasteiger charge is -2.33. The van der Waals surface area contributed by atoms with Crippen LogP contribution in [0.1, 0.15) is 47.5 Å². The van der Waals surface area contributed by atoms with Gasteiger partial charge in [0, 0.05) is 46.3 Å². The van der Waals surface area contributed by atoms with Crippen LogP contribution in [-0.4, -0.2) is 86.0 Å². The van der Waals surface area contributed by atoms with Gasteiger partial charge in [0.15, 0.2) is 5.96 Å². The van der Waals surface area contributed by atoms with Crippen molar-refractivity contribution in [2.45, 2.75) is 47.5 Å². The maximum Gasteiger partial charge on any atom is 0.242 e. The van der Waals surface area contributed by atoms with Crippen molar-refractivity contribution in [3.05, 3.63) is 0 Å². The highest BCUT2D eigenvalue weighted by atomic mass is 127. The number of hydrogen-bond acceptors (Lipinski definition) is 3. The molecule has 1 aliphatic heterocycles. The molecule has 0 saturated carbocycles. The normalized spacial score (nSPS) is 18.2. The van der Waals surface area contributed by atoms with E-state index in [9.17, 15) is 4.79 Å². The fourth-order valence-electron chi connectivity index (χ4n) is 3.62. The Balaban J connectivity index is 0.00000676.